The SMILES string of the molecule is Cc1cc(-c2nnc(-c3ccc(C(=O)O)cc3)o2)sc1Br. The molecule has 0 bridgehead atoms. The van der Waals surface area contributed by atoms with Crippen LogP contribution in [0.15, 0.2) is 38.5 Å². The van der Waals surface area contributed by atoms with E-state index in [4.69, 9.17) is 9.52 Å². The first-order valence-electron chi connectivity index (χ1n) is 5.98. The fourth-order valence-corrected chi connectivity index (χ4v) is 3.22. The van der Waals surface area contributed by atoms with Crippen LogP contribution in [0.2, 0.25) is 0 Å². The van der Waals surface area contributed by atoms with Gasteiger partial charge in [0, 0.05) is 5.56 Å². The van der Waals surface area contributed by atoms with Crippen molar-refractivity contribution in [1.82, 2.24) is 10.2 Å². The van der Waals surface area contributed by atoms with Crippen molar-refractivity contribution in [2.75, 3.05) is 0 Å². The molecule has 21 heavy (non-hydrogen) atoms. The fourth-order valence-electron chi connectivity index (χ4n) is 1.76. The van der Waals surface area contributed by atoms with Gasteiger partial charge in [-0.3, -0.25) is 0 Å². The number of aryl methyl sites for hydroxylation is 1. The zero-order valence-corrected chi connectivity index (χ0v) is 13.2. The van der Waals surface area contributed by atoms with E-state index in [2.05, 4.69) is 26.1 Å². The van der Waals surface area contributed by atoms with Gasteiger partial charge >= 0.3 is 5.97 Å². The normalized spacial score (nSPS) is 10.8. The molecule has 0 aliphatic heterocycles. The second-order valence-electron chi connectivity index (χ2n) is 4.36. The molecule has 0 unspecified atom stereocenters. The maximum absolute atomic E-state index is 10.8. The fraction of sp³-hybridized carbons (Fsp3) is 0.0714. The largest absolute Gasteiger partial charge is 0.478 e. The number of halogens is 1. The lowest BCUT2D eigenvalue weighted by molar-refractivity contribution is 0.0697. The van der Waals surface area contributed by atoms with Crippen molar-refractivity contribution in [1.29, 1.82) is 0 Å². The smallest absolute Gasteiger partial charge is 0.335 e. The number of hydrogen-bond donors (Lipinski definition) is 1. The molecular formula is C14H9BrN2O3S. The molecule has 0 fully saturated rings. The highest BCUT2D eigenvalue weighted by Crippen LogP contribution is 2.35. The summed E-state index contributed by atoms with van der Waals surface area (Å²) in [6.07, 6.45) is 0. The highest BCUT2D eigenvalue weighted by molar-refractivity contribution is 9.11. The molecule has 0 radical (unpaired) electrons. The Hall–Kier alpha value is -1.99. The van der Waals surface area contributed by atoms with Gasteiger partial charge in [-0.25, -0.2) is 4.79 Å². The van der Waals surface area contributed by atoms with E-state index in [1.165, 1.54) is 23.5 Å². The van der Waals surface area contributed by atoms with Crippen LogP contribution in [0.25, 0.3) is 22.2 Å². The summed E-state index contributed by atoms with van der Waals surface area (Å²) in [6.45, 7) is 1.99. The Balaban J connectivity index is 1.92. The number of benzene rings is 1. The number of aromatic nitrogens is 2. The summed E-state index contributed by atoms with van der Waals surface area (Å²) >= 11 is 4.98. The van der Waals surface area contributed by atoms with Gasteiger partial charge in [-0.2, -0.15) is 0 Å². The zero-order valence-electron chi connectivity index (χ0n) is 10.8. The van der Waals surface area contributed by atoms with Crippen LogP contribution in [0.5, 0.6) is 0 Å². The summed E-state index contributed by atoms with van der Waals surface area (Å²) in [7, 11) is 0. The van der Waals surface area contributed by atoms with Crippen molar-refractivity contribution >= 4 is 33.2 Å². The maximum atomic E-state index is 10.8. The van der Waals surface area contributed by atoms with E-state index >= 15 is 0 Å². The van der Waals surface area contributed by atoms with Crippen LogP contribution in [0, 0.1) is 6.92 Å². The van der Waals surface area contributed by atoms with E-state index in [0.717, 1.165) is 14.2 Å². The van der Waals surface area contributed by atoms with Gasteiger partial charge in [0.1, 0.15) is 0 Å². The van der Waals surface area contributed by atoms with Gasteiger partial charge in [0.2, 0.25) is 5.89 Å². The van der Waals surface area contributed by atoms with Crippen molar-refractivity contribution < 1.29 is 14.3 Å². The van der Waals surface area contributed by atoms with E-state index < -0.39 is 5.97 Å². The Morgan fingerprint density at radius 3 is 2.48 bits per heavy atom. The van der Waals surface area contributed by atoms with Crippen molar-refractivity contribution in [3.8, 4) is 22.2 Å². The van der Waals surface area contributed by atoms with E-state index in [1.54, 1.807) is 12.1 Å². The number of hydrogen-bond acceptors (Lipinski definition) is 5. The summed E-state index contributed by atoms with van der Waals surface area (Å²) in [5.41, 5.74) is 2.02. The lowest BCUT2D eigenvalue weighted by atomic mass is 10.1. The summed E-state index contributed by atoms with van der Waals surface area (Å²) in [6, 6.07) is 8.28. The molecule has 7 heteroatoms. The number of thiophene rings is 1. The average molecular weight is 365 g/mol. The van der Waals surface area contributed by atoms with E-state index in [1.807, 2.05) is 13.0 Å². The second-order valence-corrected chi connectivity index (χ2v) is 6.73. The van der Waals surface area contributed by atoms with Gasteiger partial charge in [-0.15, -0.1) is 21.5 Å². The molecule has 0 amide bonds. The minimum absolute atomic E-state index is 0.219. The molecule has 0 atom stereocenters. The van der Waals surface area contributed by atoms with Gasteiger partial charge in [0.15, 0.2) is 0 Å². The molecule has 3 aromatic rings. The summed E-state index contributed by atoms with van der Waals surface area (Å²) in [5, 5.41) is 16.9. The quantitative estimate of drug-likeness (QED) is 0.752. The summed E-state index contributed by atoms with van der Waals surface area (Å²) < 4.78 is 6.67. The third-order valence-electron chi connectivity index (χ3n) is 2.87. The third-order valence-corrected chi connectivity index (χ3v) is 5.00. The van der Waals surface area contributed by atoms with E-state index in [9.17, 15) is 4.79 Å². The van der Waals surface area contributed by atoms with Crippen LogP contribution in [0.3, 0.4) is 0 Å². The highest BCUT2D eigenvalue weighted by atomic mass is 79.9. The first-order valence-corrected chi connectivity index (χ1v) is 7.59. The third kappa shape index (κ3) is 2.74. The minimum atomic E-state index is -0.966. The molecule has 106 valence electrons. The van der Waals surface area contributed by atoms with E-state index in [-0.39, 0.29) is 5.56 Å². The molecule has 1 aromatic carbocycles. The molecule has 0 saturated carbocycles. The standard InChI is InChI=1S/C14H9BrN2O3S/c1-7-6-10(21-11(7)15)13-17-16-12(20-13)8-2-4-9(5-3-8)14(18)19/h2-6H,1H3,(H,18,19). The first kappa shape index (κ1) is 14.0. The molecule has 2 aromatic heterocycles. The monoisotopic (exact) mass is 364 g/mol. The molecule has 3 rings (SSSR count). The van der Waals surface area contributed by atoms with Crippen molar-refractivity contribution in [2.45, 2.75) is 6.92 Å². The minimum Gasteiger partial charge on any atom is -0.478 e. The van der Waals surface area contributed by atoms with Gasteiger partial charge in [-0.1, -0.05) is 0 Å². The number of carboxylic acids is 1. The lowest BCUT2D eigenvalue weighted by Crippen LogP contribution is -1.94. The number of aromatic carboxylic acids is 1. The Bertz CT molecular complexity index is 788. The highest BCUT2D eigenvalue weighted by Gasteiger charge is 2.14. The summed E-state index contributed by atoms with van der Waals surface area (Å²) in [4.78, 5) is 11.7. The molecule has 1 N–H and O–H groups in total. The molecule has 2 heterocycles. The van der Waals surface area contributed by atoms with Crippen molar-refractivity contribution in [3.63, 3.8) is 0 Å². The number of rotatable bonds is 3. The van der Waals surface area contributed by atoms with Gasteiger partial charge in [0.05, 0.1) is 14.2 Å². The Morgan fingerprint density at radius 1 is 1.24 bits per heavy atom. The van der Waals surface area contributed by atoms with Crippen LogP contribution in [-0.4, -0.2) is 21.3 Å². The Morgan fingerprint density at radius 2 is 1.90 bits per heavy atom. The van der Waals surface area contributed by atoms with Gasteiger partial charge in [-0.05, 0) is 58.7 Å². The van der Waals surface area contributed by atoms with Crippen LogP contribution in [0.4, 0.5) is 0 Å². The van der Waals surface area contributed by atoms with E-state index in [0.29, 0.717) is 17.3 Å². The molecule has 0 saturated heterocycles. The van der Waals surface area contributed by atoms with Crippen LogP contribution in [-0.2, 0) is 0 Å². The molecule has 0 aliphatic rings. The van der Waals surface area contributed by atoms with Gasteiger partial charge in [0.25, 0.3) is 5.89 Å². The second kappa shape index (κ2) is 5.42. The Labute approximate surface area is 132 Å². The lowest BCUT2D eigenvalue weighted by Gasteiger charge is -1.96. The average Bonchev–Trinajstić information content (AvgIpc) is 3.07. The maximum Gasteiger partial charge on any atom is 0.335 e. The first-order chi connectivity index (χ1) is 10.0. The number of carboxylic acid groups (broad SMARTS) is 1. The van der Waals surface area contributed by atoms with Crippen molar-refractivity contribution in [3.05, 3.63) is 45.2 Å². The van der Waals surface area contributed by atoms with Crippen LogP contribution in [0.1, 0.15) is 15.9 Å². The van der Waals surface area contributed by atoms with Gasteiger partial charge < -0.3 is 9.52 Å². The number of carbonyl (C=O) groups is 1. The summed E-state index contributed by atoms with van der Waals surface area (Å²) in [5.74, 6) is -0.151. The van der Waals surface area contributed by atoms with Crippen LogP contribution >= 0.6 is 27.3 Å². The predicted octanol–water partition coefficient (Wildman–Crippen LogP) is 4.23. The predicted molar refractivity (Wildman–Crippen MR) is 82.4 cm³/mol. The number of nitrogens with zero attached hydrogens (tertiary/aromatic N) is 2. The van der Waals surface area contributed by atoms with Crippen molar-refractivity contribution in [2.24, 2.45) is 0 Å². The topological polar surface area (TPSA) is 76.2 Å². The zero-order chi connectivity index (χ0) is 15.0. The van der Waals surface area contributed by atoms with Crippen LogP contribution < -0.4 is 0 Å². The molecule has 5 nitrogen and oxygen atoms in total. The molecular weight excluding hydrogens is 356 g/mol. The molecule has 0 spiro atoms. The Kier molecular flexibility index (Phi) is 3.60. The molecule has 0 aliphatic carbocycles.